The maximum atomic E-state index is 12.7. The Kier molecular flexibility index (Phi) is 5.56. The molecule has 0 atom stereocenters. The standard InChI is InChI=1S/C19H23N3O3S/c1-21(2)18(23)14-8-10-22(11-9-14)19(24)16-12-26-17(20-16)13-4-6-15(25-3)7-5-13/h4-7,12,14H,8-11H2,1-3H3. The maximum Gasteiger partial charge on any atom is 0.273 e. The number of thiazole rings is 1. The van der Waals surface area contributed by atoms with Crippen LogP contribution in [0, 0.1) is 5.92 Å². The summed E-state index contributed by atoms with van der Waals surface area (Å²) in [7, 11) is 5.18. The lowest BCUT2D eigenvalue weighted by Crippen LogP contribution is -2.42. The van der Waals surface area contributed by atoms with Crippen molar-refractivity contribution in [3.05, 3.63) is 35.3 Å². The number of rotatable bonds is 4. The van der Waals surface area contributed by atoms with E-state index in [1.165, 1.54) is 11.3 Å². The Labute approximate surface area is 157 Å². The molecule has 26 heavy (non-hydrogen) atoms. The molecule has 1 aliphatic heterocycles. The van der Waals surface area contributed by atoms with E-state index in [-0.39, 0.29) is 17.7 Å². The first-order valence-corrected chi connectivity index (χ1v) is 9.48. The molecule has 6 nitrogen and oxygen atoms in total. The highest BCUT2D eigenvalue weighted by Gasteiger charge is 2.29. The quantitative estimate of drug-likeness (QED) is 0.827. The number of hydrogen-bond acceptors (Lipinski definition) is 5. The molecule has 2 heterocycles. The molecule has 0 aliphatic carbocycles. The van der Waals surface area contributed by atoms with Crippen molar-refractivity contribution >= 4 is 23.2 Å². The van der Waals surface area contributed by atoms with Crippen LogP contribution >= 0.6 is 11.3 Å². The Morgan fingerprint density at radius 1 is 1.19 bits per heavy atom. The van der Waals surface area contributed by atoms with Crippen molar-refractivity contribution < 1.29 is 14.3 Å². The molecule has 3 rings (SSSR count). The Hall–Kier alpha value is -2.41. The van der Waals surface area contributed by atoms with Gasteiger partial charge < -0.3 is 14.5 Å². The van der Waals surface area contributed by atoms with Crippen LogP contribution in [0.5, 0.6) is 5.75 Å². The van der Waals surface area contributed by atoms with E-state index in [0.29, 0.717) is 31.6 Å². The van der Waals surface area contributed by atoms with Crippen molar-refractivity contribution in [3.63, 3.8) is 0 Å². The average Bonchev–Trinajstić information content (AvgIpc) is 3.17. The first-order valence-electron chi connectivity index (χ1n) is 8.60. The van der Waals surface area contributed by atoms with Gasteiger partial charge in [-0.1, -0.05) is 0 Å². The normalized spacial score (nSPS) is 15.0. The van der Waals surface area contributed by atoms with Gasteiger partial charge in [0, 0.05) is 44.0 Å². The predicted octanol–water partition coefficient (Wildman–Crippen LogP) is 2.76. The van der Waals surface area contributed by atoms with Gasteiger partial charge in [-0.05, 0) is 37.1 Å². The molecule has 0 saturated carbocycles. The second-order valence-electron chi connectivity index (χ2n) is 6.57. The Balaban J connectivity index is 1.64. The van der Waals surface area contributed by atoms with Crippen LogP contribution < -0.4 is 4.74 Å². The van der Waals surface area contributed by atoms with Crippen LogP contribution in [0.2, 0.25) is 0 Å². The van der Waals surface area contributed by atoms with Gasteiger partial charge in [0.05, 0.1) is 7.11 Å². The minimum absolute atomic E-state index is 0.0133. The lowest BCUT2D eigenvalue weighted by molar-refractivity contribution is -0.134. The summed E-state index contributed by atoms with van der Waals surface area (Å²) >= 11 is 1.46. The van der Waals surface area contributed by atoms with Crippen LogP contribution in [0.1, 0.15) is 23.3 Å². The van der Waals surface area contributed by atoms with E-state index in [0.717, 1.165) is 16.3 Å². The molecule has 1 aliphatic rings. The van der Waals surface area contributed by atoms with Crippen LogP contribution in [0.3, 0.4) is 0 Å². The molecule has 1 aromatic carbocycles. The number of nitrogens with zero attached hydrogens (tertiary/aromatic N) is 3. The molecule has 0 unspecified atom stereocenters. The van der Waals surface area contributed by atoms with E-state index in [2.05, 4.69) is 4.98 Å². The number of piperidine rings is 1. The number of hydrogen-bond donors (Lipinski definition) is 0. The molecule has 0 spiro atoms. The Morgan fingerprint density at radius 2 is 1.85 bits per heavy atom. The highest BCUT2D eigenvalue weighted by atomic mass is 32.1. The van der Waals surface area contributed by atoms with E-state index in [9.17, 15) is 9.59 Å². The average molecular weight is 373 g/mol. The molecule has 1 saturated heterocycles. The highest BCUT2D eigenvalue weighted by molar-refractivity contribution is 7.13. The molecule has 0 radical (unpaired) electrons. The van der Waals surface area contributed by atoms with Crippen molar-refractivity contribution in [2.45, 2.75) is 12.8 Å². The predicted molar refractivity (Wildman–Crippen MR) is 101 cm³/mol. The molecular weight excluding hydrogens is 350 g/mol. The van der Waals surface area contributed by atoms with Gasteiger partial charge in [0.15, 0.2) is 0 Å². The number of likely N-dealkylation sites (tertiary alicyclic amines) is 1. The summed E-state index contributed by atoms with van der Waals surface area (Å²) in [5, 5.41) is 2.62. The zero-order valence-electron chi connectivity index (χ0n) is 15.3. The van der Waals surface area contributed by atoms with Gasteiger partial charge >= 0.3 is 0 Å². The first kappa shape index (κ1) is 18.4. The number of methoxy groups -OCH3 is 1. The van der Waals surface area contributed by atoms with E-state index in [1.807, 2.05) is 24.3 Å². The van der Waals surface area contributed by atoms with Gasteiger partial charge in [-0.3, -0.25) is 9.59 Å². The Morgan fingerprint density at radius 3 is 2.42 bits per heavy atom. The topological polar surface area (TPSA) is 62.7 Å². The fraction of sp³-hybridized carbons (Fsp3) is 0.421. The SMILES string of the molecule is COc1ccc(-c2nc(C(=O)N3CCC(C(=O)N(C)C)CC3)cs2)cc1. The third-order valence-corrected chi connectivity index (χ3v) is 5.52. The molecule has 7 heteroatoms. The molecular formula is C19H23N3O3S. The van der Waals surface area contributed by atoms with Gasteiger partial charge in [-0.2, -0.15) is 0 Å². The fourth-order valence-corrected chi connectivity index (χ4v) is 3.89. The number of benzene rings is 1. The minimum atomic E-state index is -0.0586. The van der Waals surface area contributed by atoms with Crippen LogP contribution in [0.15, 0.2) is 29.6 Å². The zero-order chi connectivity index (χ0) is 18.7. The number of amides is 2. The van der Waals surface area contributed by atoms with Crippen LogP contribution in [-0.4, -0.2) is 60.9 Å². The smallest absolute Gasteiger partial charge is 0.273 e. The second-order valence-corrected chi connectivity index (χ2v) is 7.42. The number of carbonyl (C=O) groups is 2. The largest absolute Gasteiger partial charge is 0.497 e. The molecule has 1 fully saturated rings. The van der Waals surface area contributed by atoms with Gasteiger partial charge in [0.25, 0.3) is 5.91 Å². The summed E-state index contributed by atoms with van der Waals surface area (Å²) in [5.74, 6) is 0.889. The summed E-state index contributed by atoms with van der Waals surface area (Å²) in [5.41, 5.74) is 1.43. The van der Waals surface area contributed by atoms with Gasteiger partial charge in [0.2, 0.25) is 5.91 Å². The highest BCUT2D eigenvalue weighted by Crippen LogP contribution is 2.27. The molecule has 138 valence electrons. The summed E-state index contributed by atoms with van der Waals surface area (Å²) in [6, 6.07) is 7.63. The van der Waals surface area contributed by atoms with Crippen LogP contribution in [0.4, 0.5) is 0 Å². The molecule has 2 amide bonds. The van der Waals surface area contributed by atoms with Gasteiger partial charge in [0.1, 0.15) is 16.5 Å². The van der Waals surface area contributed by atoms with Crippen molar-refractivity contribution in [1.29, 1.82) is 0 Å². The second kappa shape index (κ2) is 7.86. The molecule has 2 aromatic rings. The summed E-state index contributed by atoms with van der Waals surface area (Å²) in [6.07, 6.45) is 1.41. The third kappa shape index (κ3) is 3.88. The minimum Gasteiger partial charge on any atom is -0.497 e. The van der Waals surface area contributed by atoms with Gasteiger partial charge in [-0.25, -0.2) is 4.98 Å². The fourth-order valence-electron chi connectivity index (χ4n) is 3.09. The summed E-state index contributed by atoms with van der Waals surface area (Å²) in [4.78, 5) is 32.7. The lowest BCUT2D eigenvalue weighted by atomic mass is 9.95. The number of carbonyl (C=O) groups excluding carboxylic acids is 2. The van der Waals surface area contributed by atoms with Crippen molar-refractivity contribution in [3.8, 4) is 16.3 Å². The van der Waals surface area contributed by atoms with Gasteiger partial charge in [-0.15, -0.1) is 11.3 Å². The number of ether oxygens (including phenoxy) is 1. The van der Waals surface area contributed by atoms with Crippen LogP contribution in [-0.2, 0) is 4.79 Å². The monoisotopic (exact) mass is 373 g/mol. The van der Waals surface area contributed by atoms with E-state index in [1.54, 1.807) is 36.4 Å². The van der Waals surface area contributed by atoms with Crippen LogP contribution in [0.25, 0.3) is 10.6 Å². The molecule has 0 bridgehead atoms. The van der Waals surface area contributed by atoms with Crippen molar-refractivity contribution in [2.75, 3.05) is 34.3 Å². The summed E-state index contributed by atoms with van der Waals surface area (Å²) in [6.45, 7) is 1.19. The van der Waals surface area contributed by atoms with E-state index >= 15 is 0 Å². The summed E-state index contributed by atoms with van der Waals surface area (Å²) < 4.78 is 5.16. The zero-order valence-corrected chi connectivity index (χ0v) is 16.1. The van der Waals surface area contributed by atoms with E-state index < -0.39 is 0 Å². The molecule has 1 aromatic heterocycles. The number of aromatic nitrogens is 1. The maximum absolute atomic E-state index is 12.7. The van der Waals surface area contributed by atoms with Crippen molar-refractivity contribution in [1.82, 2.24) is 14.8 Å². The third-order valence-electron chi connectivity index (χ3n) is 4.63. The Bertz CT molecular complexity index is 778. The lowest BCUT2D eigenvalue weighted by Gasteiger charge is -2.32. The van der Waals surface area contributed by atoms with Crippen molar-refractivity contribution in [2.24, 2.45) is 5.92 Å². The molecule has 0 N–H and O–H groups in total. The van der Waals surface area contributed by atoms with E-state index in [4.69, 9.17) is 4.74 Å². The first-order chi connectivity index (χ1) is 12.5.